The van der Waals surface area contributed by atoms with E-state index in [0.717, 1.165) is 74.3 Å². The fraction of sp³-hybridized carbons (Fsp3) is 0.517. The number of benzene rings is 1. The van der Waals surface area contributed by atoms with Crippen molar-refractivity contribution in [1.82, 2.24) is 34.4 Å². The van der Waals surface area contributed by atoms with Crippen molar-refractivity contribution >= 4 is 10.9 Å². The quantitative estimate of drug-likeness (QED) is 0.348. The minimum atomic E-state index is -0.0897. The van der Waals surface area contributed by atoms with Gasteiger partial charge in [0, 0.05) is 57.3 Å². The molecule has 0 saturated carbocycles. The summed E-state index contributed by atoms with van der Waals surface area (Å²) in [5, 5.41) is 19.8. The smallest absolute Gasteiger partial charge is 0.182 e. The molecule has 0 amide bonds. The molecule has 4 aromatic rings. The lowest BCUT2D eigenvalue weighted by Crippen LogP contribution is -2.36. The van der Waals surface area contributed by atoms with Crippen LogP contribution in [0.2, 0.25) is 0 Å². The SMILES string of the molecule is COCC1CCCN(Cc2ccc3c(c2)c(-c2nccc(-n4cc(CCO)cn4)n2)nn3C2CCCCO2)C1. The molecule has 206 valence electrons. The Balaban J connectivity index is 1.36. The molecule has 1 N–H and O–H groups in total. The highest BCUT2D eigenvalue weighted by atomic mass is 16.5. The number of piperidine rings is 1. The van der Waals surface area contributed by atoms with Gasteiger partial charge >= 0.3 is 0 Å². The van der Waals surface area contributed by atoms with Crippen LogP contribution in [0, 0.1) is 5.92 Å². The third-order valence-electron chi connectivity index (χ3n) is 7.73. The summed E-state index contributed by atoms with van der Waals surface area (Å²) >= 11 is 0. The predicted molar refractivity (Wildman–Crippen MR) is 147 cm³/mol. The van der Waals surface area contributed by atoms with Crippen molar-refractivity contribution in [1.29, 1.82) is 0 Å². The molecule has 2 aliphatic rings. The lowest BCUT2D eigenvalue weighted by Gasteiger charge is -2.32. The van der Waals surface area contributed by atoms with E-state index in [2.05, 4.69) is 33.2 Å². The molecule has 2 unspecified atom stereocenters. The molecule has 6 rings (SSSR count). The number of likely N-dealkylation sites (tertiary alicyclic amines) is 1. The Bertz CT molecular complexity index is 1390. The van der Waals surface area contributed by atoms with Crippen LogP contribution in [-0.4, -0.2) is 79.6 Å². The van der Waals surface area contributed by atoms with Crippen LogP contribution >= 0.6 is 0 Å². The van der Waals surface area contributed by atoms with Crippen molar-refractivity contribution in [2.24, 2.45) is 5.92 Å². The summed E-state index contributed by atoms with van der Waals surface area (Å²) in [5.41, 5.74) is 4.00. The van der Waals surface area contributed by atoms with Gasteiger partial charge in [-0.15, -0.1) is 0 Å². The van der Waals surface area contributed by atoms with E-state index in [0.29, 0.717) is 24.0 Å². The summed E-state index contributed by atoms with van der Waals surface area (Å²) in [6, 6.07) is 8.48. The van der Waals surface area contributed by atoms with Crippen LogP contribution in [-0.2, 0) is 22.4 Å². The van der Waals surface area contributed by atoms with Gasteiger partial charge in [-0.3, -0.25) is 4.90 Å². The van der Waals surface area contributed by atoms with Gasteiger partial charge in [0.15, 0.2) is 17.9 Å². The Morgan fingerprint density at radius 3 is 2.92 bits per heavy atom. The number of rotatable bonds is 9. The van der Waals surface area contributed by atoms with Crippen molar-refractivity contribution in [2.75, 3.05) is 40.0 Å². The number of aromatic nitrogens is 6. The lowest BCUT2D eigenvalue weighted by molar-refractivity contribution is -0.0365. The van der Waals surface area contributed by atoms with Crippen LogP contribution in [0.25, 0.3) is 28.2 Å². The van der Waals surface area contributed by atoms with Gasteiger partial charge < -0.3 is 14.6 Å². The zero-order valence-electron chi connectivity index (χ0n) is 22.6. The molecule has 39 heavy (non-hydrogen) atoms. The summed E-state index contributed by atoms with van der Waals surface area (Å²) in [7, 11) is 1.79. The Morgan fingerprint density at radius 2 is 2.08 bits per heavy atom. The van der Waals surface area contributed by atoms with Crippen LogP contribution in [0.15, 0.2) is 42.9 Å². The molecule has 2 fully saturated rings. The highest BCUT2D eigenvalue weighted by Gasteiger charge is 2.24. The van der Waals surface area contributed by atoms with Crippen LogP contribution in [0.3, 0.4) is 0 Å². The molecule has 2 atom stereocenters. The summed E-state index contributed by atoms with van der Waals surface area (Å²) in [4.78, 5) is 12.0. The molecule has 2 saturated heterocycles. The number of aliphatic hydroxyl groups excluding tert-OH is 1. The van der Waals surface area contributed by atoms with E-state index >= 15 is 0 Å². The molecule has 0 radical (unpaired) electrons. The zero-order chi connectivity index (χ0) is 26.6. The number of methoxy groups -OCH3 is 1. The van der Waals surface area contributed by atoms with E-state index < -0.39 is 0 Å². The second kappa shape index (κ2) is 11.9. The first-order valence-electron chi connectivity index (χ1n) is 14.0. The fourth-order valence-corrected chi connectivity index (χ4v) is 5.85. The van der Waals surface area contributed by atoms with Gasteiger partial charge in [0.2, 0.25) is 0 Å². The molecule has 0 bridgehead atoms. The molecular formula is C29H37N7O3. The molecule has 1 aromatic carbocycles. The maximum absolute atomic E-state index is 9.27. The Hall–Kier alpha value is -3.18. The number of ether oxygens (including phenoxy) is 2. The standard InChI is InChI=1S/C29H37N7O3/c1-38-20-23-5-4-12-34(18-23)17-21-7-8-25-24(15-21)28(33-36(25)27-6-2-3-14-39-27)29-30-11-9-26(32-29)35-19-22(10-13-37)16-31-35/h7-9,11,15-16,19,23,27,37H,2-6,10,12-14,17-18,20H2,1H3. The average molecular weight is 532 g/mol. The van der Waals surface area contributed by atoms with E-state index in [1.54, 1.807) is 24.2 Å². The second-order valence-corrected chi connectivity index (χ2v) is 10.7. The van der Waals surface area contributed by atoms with Crippen molar-refractivity contribution in [3.8, 4) is 17.3 Å². The van der Waals surface area contributed by atoms with Gasteiger partial charge in [0.05, 0.1) is 18.3 Å². The fourth-order valence-electron chi connectivity index (χ4n) is 5.85. The van der Waals surface area contributed by atoms with E-state index in [-0.39, 0.29) is 12.8 Å². The molecule has 2 aliphatic heterocycles. The minimum Gasteiger partial charge on any atom is -0.396 e. The number of hydrogen-bond acceptors (Lipinski definition) is 8. The van der Waals surface area contributed by atoms with Crippen LogP contribution in [0.4, 0.5) is 0 Å². The first kappa shape index (κ1) is 26.1. The van der Waals surface area contributed by atoms with Crippen LogP contribution in [0.1, 0.15) is 49.5 Å². The maximum atomic E-state index is 9.27. The highest BCUT2D eigenvalue weighted by molar-refractivity contribution is 5.92. The highest BCUT2D eigenvalue weighted by Crippen LogP contribution is 2.33. The van der Waals surface area contributed by atoms with Crippen LogP contribution < -0.4 is 0 Å². The second-order valence-electron chi connectivity index (χ2n) is 10.7. The number of hydrogen-bond donors (Lipinski definition) is 1. The normalized spacial score (nSPS) is 20.6. The monoisotopic (exact) mass is 531 g/mol. The van der Waals surface area contributed by atoms with Crippen molar-refractivity contribution in [2.45, 2.75) is 51.3 Å². The third kappa shape index (κ3) is 5.74. The number of fused-ring (bicyclic) bond motifs is 1. The zero-order valence-corrected chi connectivity index (χ0v) is 22.6. The van der Waals surface area contributed by atoms with E-state index in [1.165, 1.54) is 18.4 Å². The summed E-state index contributed by atoms with van der Waals surface area (Å²) in [6.07, 6.45) is 11.4. The largest absolute Gasteiger partial charge is 0.396 e. The van der Waals surface area contributed by atoms with E-state index in [4.69, 9.17) is 19.6 Å². The Kier molecular flexibility index (Phi) is 7.96. The molecular weight excluding hydrogens is 494 g/mol. The molecule has 0 spiro atoms. The third-order valence-corrected chi connectivity index (χ3v) is 7.73. The summed E-state index contributed by atoms with van der Waals surface area (Å²) in [6.45, 7) is 4.70. The number of nitrogens with zero attached hydrogens (tertiary/aromatic N) is 7. The van der Waals surface area contributed by atoms with Gasteiger partial charge in [0.1, 0.15) is 5.69 Å². The maximum Gasteiger partial charge on any atom is 0.182 e. The number of aliphatic hydroxyl groups is 1. The van der Waals surface area contributed by atoms with E-state index in [1.807, 2.05) is 16.9 Å². The molecule has 0 aliphatic carbocycles. The molecule has 3 aromatic heterocycles. The molecule has 10 heteroatoms. The first-order chi connectivity index (χ1) is 19.2. The summed E-state index contributed by atoms with van der Waals surface area (Å²) < 4.78 is 15.3. The van der Waals surface area contributed by atoms with Crippen molar-refractivity contribution in [3.05, 3.63) is 54.0 Å². The Labute approximate surface area is 228 Å². The summed E-state index contributed by atoms with van der Waals surface area (Å²) in [5.74, 6) is 1.81. The first-order valence-corrected chi connectivity index (χ1v) is 14.0. The van der Waals surface area contributed by atoms with Gasteiger partial charge in [-0.2, -0.15) is 10.2 Å². The van der Waals surface area contributed by atoms with Gasteiger partial charge in [0.25, 0.3) is 0 Å². The van der Waals surface area contributed by atoms with Crippen LogP contribution in [0.5, 0.6) is 0 Å². The van der Waals surface area contributed by atoms with Crippen molar-refractivity contribution < 1.29 is 14.6 Å². The average Bonchev–Trinajstić information content (AvgIpc) is 3.59. The Morgan fingerprint density at radius 1 is 1.13 bits per heavy atom. The minimum absolute atomic E-state index is 0.0835. The molecule has 10 nitrogen and oxygen atoms in total. The molecule has 5 heterocycles. The van der Waals surface area contributed by atoms with Crippen molar-refractivity contribution in [3.63, 3.8) is 0 Å². The lowest BCUT2D eigenvalue weighted by atomic mass is 9.98. The topological polar surface area (TPSA) is 103 Å². The van der Waals surface area contributed by atoms with Gasteiger partial charge in [-0.1, -0.05) is 6.07 Å². The van der Waals surface area contributed by atoms with Gasteiger partial charge in [-0.05, 0) is 74.2 Å². The van der Waals surface area contributed by atoms with E-state index in [9.17, 15) is 5.11 Å². The predicted octanol–water partition coefficient (Wildman–Crippen LogP) is 3.77. The van der Waals surface area contributed by atoms with Gasteiger partial charge in [-0.25, -0.2) is 19.3 Å².